The van der Waals surface area contributed by atoms with Crippen LogP contribution in [-0.2, 0) is 6.54 Å². The van der Waals surface area contributed by atoms with Crippen LogP contribution in [0.15, 0.2) is 0 Å². The summed E-state index contributed by atoms with van der Waals surface area (Å²) in [5.74, 6) is 1.87. The van der Waals surface area contributed by atoms with Gasteiger partial charge in [0.2, 0.25) is 0 Å². The Bertz CT molecular complexity index is 404. The lowest BCUT2D eigenvalue weighted by Crippen LogP contribution is -2.15. The molecule has 1 saturated carbocycles. The van der Waals surface area contributed by atoms with Crippen LogP contribution in [0.4, 0.5) is 0 Å². The van der Waals surface area contributed by atoms with Gasteiger partial charge in [0.25, 0.3) is 0 Å². The number of aromatic nitrogens is 1. The molecule has 1 aliphatic carbocycles. The third-order valence-electron chi connectivity index (χ3n) is 3.62. The van der Waals surface area contributed by atoms with Crippen LogP contribution in [0.5, 0.6) is 0 Å². The summed E-state index contributed by atoms with van der Waals surface area (Å²) in [7, 11) is 0. The Labute approximate surface area is 118 Å². The molecule has 1 N–H and O–H groups in total. The highest BCUT2D eigenvalue weighted by Crippen LogP contribution is 2.43. The second-order valence-corrected chi connectivity index (χ2v) is 8.10. The number of thioether (sulfide) groups is 1. The molecule has 0 aromatic carbocycles. The first-order valence-electron chi connectivity index (χ1n) is 7.08. The molecule has 0 radical (unpaired) electrons. The highest BCUT2D eigenvalue weighted by atomic mass is 32.2. The van der Waals surface area contributed by atoms with E-state index in [1.807, 2.05) is 11.3 Å². The van der Waals surface area contributed by atoms with E-state index in [1.54, 1.807) is 0 Å². The normalized spacial score (nSPS) is 24.1. The van der Waals surface area contributed by atoms with Crippen molar-refractivity contribution in [3.63, 3.8) is 0 Å². The third kappa shape index (κ3) is 2.91. The van der Waals surface area contributed by atoms with Gasteiger partial charge in [0.1, 0.15) is 5.01 Å². The molecular weight excluding hydrogens is 260 g/mol. The van der Waals surface area contributed by atoms with E-state index in [4.69, 9.17) is 4.98 Å². The lowest BCUT2D eigenvalue weighted by molar-refractivity contribution is 0.680. The van der Waals surface area contributed by atoms with E-state index < -0.39 is 0 Å². The summed E-state index contributed by atoms with van der Waals surface area (Å²) in [6.07, 6.45) is 5.41. The van der Waals surface area contributed by atoms with Crippen molar-refractivity contribution in [2.24, 2.45) is 0 Å². The molecule has 1 atom stereocenters. The molecule has 2 heterocycles. The van der Waals surface area contributed by atoms with Gasteiger partial charge >= 0.3 is 0 Å². The van der Waals surface area contributed by atoms with Gasteiger partial charge in [0, 0.05) is 17.5 Å². The smallest absolute Gasteiger partial charge is 0.106 e. The van der Waals surface area contributed by atoms with E-state index >= 15 is 0 Å². The summed E-state index contributed by atoms with van der Waals surface area (Å²) in [6.45, 7) is 5.57. The van der Waals surface area contributed by atoms with E-state index in [0.29, 0.717) is 11.2 Å². The average Bonchev–Trinajstić information content (AvgIpc) is 2.87. The van der Waals surface area contributed by atoms with E-state index in [9.17, 15) is 0 Å². The van der Waals surface area contributed by atoms with E-state index in [2.05, 4.69) is 30.9 Å². The quantitative estimate of drug-likeness (QED) is 0.880. The largest absolute Gasteiger partial charge is 0.309 e. The average molecular weight is 282 g/mol. The van der Waals surface area contributed by atoms with Gasteiger partial charge in [0.15, 0.2) is 0 Å². The Kier molecular flexibility index (Phi) is 3.97. The van der Waals surface area contributed by atoms with Crippen molar-refractivity contribution in [3.05, 3.63) is 15.6 Å². The minimum Gasteiger partial charge on any atom is -0.309 e. The van der Waals surface area contributed by atoms with Crippen molar-refractivity contribution in [2.45, 2.75) is 63.3 Å². The zero-order valence-corrected chi connectivity index (χ0v) is 12.9. The second kappa shape index (κ2) is 5.51. The van der Waals surface area contributed by atoms with Crippen LogP contribution in [0.3, 0.4) is 0 Å². The number of nitrogens with one attached hydrogen (secondary N) is 1. The van der Waals surface area contributed by atoms with Gasteiger partial charge in [-0.15, -0.1) is 11.3 Å². The molecule has 4 heteroatoms. The molecule has 1 saturated heterocycles. The fourth-order valence-electron chi connectivity index (χ4n) is 2.39. The number of hydrogen-bond acceptors (Lipinski definition) is 4. The van der Waals surface area contributed by atoms with Crippen molar-refractivity contribution in [3.8, 4) is 0 Å². The molecule has 1 aromatic rings. The van der Waals surface area contributed by atoms with Gasteiger partial charge in [-0.1, -0.05) is 13.8 Å². The predicted octanol–water partition coefficient (Wildman–Crippen LogP) is 4.09. The van der Waals surface area contributed by atoms with Crippen LogP contribution < -0.4 is 5.32 Å². The standard InChI is InChI=1S/C14H22N2S2/c1-9(2)13-12(8-15-10-5-6-10)18-14(16-13)11-4-3-7-17-11/h9-11,15H,3-8H2,1-2H3. The monoisotopic (exact) mass is 282 g/mol. The number of nitrogens with zero attached hydrogens (tertiary/aromatic N) is 1. The maximum absolute atomic E-state index is 4.95. The lowest BCUT2D eigenvalue weighted by Gasteiger charge is -2.05. The van der Waals surface area contributed by atoms with E-state index in [0.717, 1.165) is 12.6 Å². The van der Waals surface area contributed by atoms with E-state index in [1.165, 1.54) is 47.0 Å². The SMILES string of the molecule is CC(C)c1nc(C2CCCS2)sc1CNC1CC1. The van der Waals surface area contributed by atoms with Crippen LogP contribution in [0.25, 0.3) is 0 Å². The molecule has 1 aromatic heterocycles. The van der Waals surface area contributed by atoms with Crippen LogP contribution in [0.1, 0.15) is 66.3 Å². The fourth-order valence-corrected chi connectivity index (χ4v) is 5.08. The van der Waals surface area contributed by atoms with Gasteiger partial charge in [-0.3, -0.25) is 0 Å². The first-order valence-corrected chi connectivity index (χ1v) is 8.95. The summed E-state index contributed by atoms with van der Waals surface area (Å²) in [6, 6.07) is 0.788. The molecule has 2 aliphatic rings. The molecular formula is C14H22N2S2. The number of rotatable bonds is 5. The predicted molar refractivity (Wildman–Crippen MR) is 80.5 cm³/mol. The van der Waals surface area contributed by atoms with Gasteiger partial charge < -0.3 is 5.32 Å². The first-order chi connectivity index (χ1) is 8.74. The van der Waals surface area contributed by atoms with Gasteiger partial charge in [-0.05, 0) is 37.4 Å². The highest BCUT2D eigenvalue weighted by Gasteiger charge is 2.25. The minimum atomic E-state index is 0.553. The van der Waals surface area contributed by atoms with Gasteiger partial charge in [-0.25, -0.2) is 4.98 Å². The van der Waals surface area contributed by atoms with Crippen molar-refractivity contribution in [1.29, 1.82) is 0 Å². The number of hydrogen-bond donors (Lipinski definition) is 1. The van der Waals surface area contributed by atoms with Crippen molar-refractivity contribution in [1.82, 2.24) is 10.3 Å². The van der Waals surface area contributed by atoms with E-state index in [-0.39, 0.29) is 0 Å². The maximum atomic E-state index is 4.95. The van der Waals surface area contributed by atoms with Gasteiger partial charge in [0.05, 0.1) is 10.9 Å². The molecule has 100 valence electrons. The molecule has 0 amide bonds. The van der Waals surface area contributed by atoms with Crippen LogP contribution in [0, 0.1) is 0 Å². The Morgan fingerprint density at radius 2 is 2.17 bits per heavy atom. The lowest BCUT2D eigenvalue weighted by atomic mass is 10.1. The molecule has 1 unspecified atom stereocenters. The second-order valence-electron chi connectivity index (χ2n) is 5.67. The summed E-state index contributed by atoms with van der Waals surface area (Å²) in [4.78, 5) is 6.43. The van der Waals surface area contributed by atoms with Crippen LogP contribution >= 0.6 is 23.1 Å². The Hall–Kier alpha value is -0.0600. The summed E-state index contributed by atoms with van der Waals surface area (Å²) in [5.41, 5.74) is 1.34. The first kappa shape index (κ1) is 12.9. The molecule has 0 bridgehead atoms. The maximum Gasteiger partial charge on any atom is 0.106 e. The third-order valence-corrected chi connectivity index (χ3v) is 6.34. The topological polar surface area (TPSA) is 24.9 Å². The molecule has 3 rings (SSSR count). The number of thiazole rings is 1. The molecule has 18 heavy (non-hydrogen) atoms. The zero-order chi connectivity index (χ0) is 12.5. The summed E-state index contributed by atoms with van der Waals surface area (Å²) < 4.78 is 0. The molecule has 1 aliphatic heterocycles. The zero-order valence-electron chi connectivity index (χ0n) is 11.2. The Morgan fingerprint density at radius 1 is 1.33 bits per heavy atom. The molecule has 2 nitrogen and oxygen atoms in total. The summed E-state index contributed by atoms with van der Waals surface area (Å²) >= 11 is 4.05. The molecule has 0 spiro atoms. The minimum absolute atomic E-state index is 0.553. The van der Waals surface area contributed by atoms with Crippen molar-refractivity contribution in [2.75, 3.05) is 5.75 Å². The Balaban J connectivity index is 1.75. The van der Waals surface area contributed by atoms with Crippen LogP contribution in [-0.4, -0.2) is 16.8 Å². The summed E-state index contributed by atoms with van der Waals surface area (Å²) in [5, 5.41) is 5.70. The molecule has 2 fully saturated rings. The fraction of sp³-hybridized carbons (Fsp3) is 0.786. The van der Waals surface area contributed by atoms with Crippen molar-refractivity contribution >= 4 is 23.1 Å². The highest BCUT2D eigenvalue weighted by molar-refractivity contribution is 7.99. The van der Waals surface area contributed by atoms with Crippen molar-refractivity contribution < 1.29 is 0 Å². The Morgan fingerprint density at radius 3 is 2.78 bits per heavy atom. The van der Waals surface area contributed by atoms with Gasteiger partial charge in [-0.2, -0.15) is 11.8 Å². The van der Waals surface area contributed by atoms with Crippen LogP contribution in [0.2, 0.25) is 0 Å².